The standard InChI is InChI=1S/C42H23N3O2/c1-3-11-28-24(9-1)21-22-35-36(28)37-29-12-4-2-10-27(29)23-31(41(37)46-35)25-17-19-26(20-18-25)38-40-39(30-13-5-6-14-32(30)43-38)44-42-45(40)33-15-7-8-16-34(33)47-42/h1-23H. The lowest BCUT2D eigenvalue weighted by Gasteiger charge is -2.10. The van der Waals surface area contributed by atoms with E-state index in [1.54, 1.807) is 0 Å². The molecule has 7 aromatic carbocycles. The van der Waals surface area contributed by atoms with E-state index in [0.717, 1.165) is 77.4 Å². The fourth-order valence-corrected chi connectivity index (χ4v) is 7.48. The average molecular weight is 602 g/mol. The van der Waals surface area contributed by atoms with Crippen LogP contribution in [-0.4, -0.2) is 14.4 Å². The van der Waals surface area contributed by atoms with Crippen molar-refractivity contribution in [3.8, 4) is 22.4 Å². The quantitative estimate of drug-likeness (QED) is 0.198. The summed E-state index contributed by atoms with van der Waals surface area (Å²) in [7, 11) is 0. The Bertz CT molecular complexity index is 3070. The number of fused-ring (bicyclic) bond motifs is 14. The number of benzene rings is 7. The van der Waals surface area contributed by atoms with E-state index in [2.05, 4.69) is 108 Å². The molecule has 11 aromatic rings. The van der Waals surface area contributed by atoms with Crippen molar-refractivity contribution in [1.29, 1.82) is 0 Å². The van der Waals surface area contributed by atoms with Gasteiger partial charge in [0.15, 0.2) is 5.58 Å². The predicted octanol–water partition coefficient (Wildman–Crippen LogP) is 11.3. The van der Waals surface area contributed by atoms with Gasteiger partial charge >= 0.3 is 5.84 Å². The molecule has 0 bridgehead atoms. The Morgan fingerprint density at radius 1 is 0.511 bits per heavy atom. The summed E-state index contributed by atoms with van der Waals surface area (Å²) in [6.45, 7) is 0. The van der Waals surface area contributed by atoms with Crippen molar-refractivity contribution in [1.82, 2.24) is 14.4 Å². The van der Waals surface area contributed by atoms with Gasteiger partial charge in [-0.1, -0.05) is 109 Å². The summed E-state index contributed by atoms with van der Waals surface area (Å²) in [6, 6.07) is 48.5. The molecule has 0 radical (unpaired) electrons. The van der Waals surface area contributed by atoms with Gasteiger partial charge in [0.25, 0.3) is 0 Å². The van der Waals surface area contributed by atoms with Gasteiger partial charge in [-0.05, 0) is 57.4 Å². The van der Waals surface area contributed by atoms with Gasteiger partial charge in [0.1, 0.15) is 22.2 Å². The molecule has 4 heterocycles. The molecule has 47 heavy (non-hydrogen) atoms. The molecular formula is C42H23N3O2. The summed E-state index contributed by atoms with van der Waals surface area (Å²) in [5.74, 6) is 0.563. The minimum Gasteiger partial charge on any atom is -0.455 e. The van der Waals surface area contributed by atoms with E-state index in [1.807, 2.05) is 36.4 Å². The molecule has 0 unspecified atom stereocenters. The minimum atomic E-state index is 0.563. The second-order valence-corrected chi connectivity index (χ2v) is 12.2. The van der Waals surface area contributed by atoms with Crippen molar-refractivity contribution >= 4 is 82.4 Å². The van der Waals surface area contributed by atoms with Crippen LogP contribution in [0.15, 0.2) is 148 Å². The van der Waals surface area contributed by atoms with Crippen LogP contribution >= 0.6 is 0 Å². The fraction of sp³-hybridized carbons (Fsp3) is 0. The van der Waals surface area contributed by atoms with E-state index in [9.17, 15) is 0 Å². The van der Waals surface area contributed by atoms with Crippen molar-refractivity contribution < 1.29 is 8.83 Å². The van der Waals surface area contributed by atoms with Gasteiger partial charge in [-0.2, -0.15) is 4.98 Å². The van der Waals surface area contributed by atoms with E-state index in [-0.39, 0.29) is 0 Å². The molecule has 0 N–H and O–H groups in total. The minimum absolute atomic E-state index is 0.563. The average Bonchev–Trinajstić information content (AvgIpc) is 3.82. The summed E-state index contributed by atoms with van der Waals surface area (Å²) >= 11 is 0. The van der Waals surface area contributed by atoms with Crippen LogP contribution in [0.1, 0.15) is 0 Å². The number of aromatic nitrogens is 3. The zero-order valence-electron chi connectivity index (χ0n) is 24.9. The third-order valence-electron chi connectivity index (χ3n) is 9.59. The Morgan fingerprint density at radius 3 is 2.09 bits per heavy atom. The molecule has 0 spiro atoms. The van der Waals surface area contributed by atoms with Crippen LogP contribution in [0.3, 0.4) is 0 Å². The van der Waals surface area contributed by atoms with Crippen molar-refractivity contribution in [3.63, 3.8) is 0 Å². The third kappa shape index (κ3) is 3.37. The smallest absolute Gasteiger partial charge is 0.307 e. The highest BCUT2D eigenvalue weighted by Gasteiger charge is 2.22. The largest absolute Gasteiger partial charge is 0.455 e. The molecule has 11 rings (SSSR count). The van der Waals surface area contributed by atoms with Crippen molar-refractivity contribution in [3.05, 3.63) is 140 Å². The number of rotatable bonds is 2. The van der Waals surface area contributed by atoms with Gasteiger partial charge in [-0.25, -0.2) is 4.98 Å². The first-order valence-corrected chi connectivity index (χ1v) is 15.8. The zero-order chi connectivity index (χ0) is 30.6. The molecule has 0 atom stereocenters. The Hall–Kier alpha value is -6.46. The maximum Gasteiger partial charge on any atom is 0.307 e. The SMILES string of the molecule is c1ccc2c(c1)ccc1oc3c(-c4ccc(-c5nc6ccccc6c6nc7oc8ccccc8n7c56)cc4)cc4ccccc4c3c12. The summed E-state index contributed by atoms with van der Waals surface area (Å²) in [4.78, 5) is 10.2. The first-order valence-electron chi connectivity index (χ1n) is 15.8. The number of pyridine rings is 1. The maximum atomic E-state index is 6.71. The predicted molar refractivity (Wildman–Crippen MR) is 191 cm³/mol. The van der Waals surface area contributed by atoms with E-state index >= 15 is 0 Å². The number of hydrogen-bond donors (Lipinski definition) is 0. The second-order valence-electron chi connectivity index (χ2n) is 12.2. The van der Waals surface area contributed by atoms with Crippen molar-refractivity contribution in [2.75, 3.05) is 0 Å². The molecule has 0 aliphatic heterocycles. The van der Waals surface area contributed by atoms with E-state index in [1.165, 1.54) is 21.5 Å². The normalized spacial score (nSPS) is 12.3. The number of furan rings is 1. The lowest BCUT2D eigenvalue weighted by molar-refractivity contribution is 0.643. The van der Waals surface area contributed by atoms with Crippen LogP contribution in [0, 0.1) is 0 Å². The van der Waals surface area contributed by atoms with E-state index < -0.39 is 0 Å². The molecule has 5 nitrogen and oxygen atoms in total. The van der Waals surface area contributed by atoms with E-state index in [4.69, 9.17) is 18.8 Å². The second kappa shape index (κ2) is 9.05. The molecule has 0 fully saturated rings. The van der Waals surface area contributed by atoms with Crippen LogP contribution in [0.5, 0.6) is 0 Å². The summed E-state index contributed by atoms with van der Waals surface area (Å²) in [5.41, 5.74) is 10.3. The summed E-state index contributed by atoms with van der Waals surface area (Å²) in [6.07, 6.45) is 0. The highest BCUT2D eigenvalue weighted by Crippen LogP contribution is 2.44. The van der Waals surface area contributed by atoms with Crippen LogP contribution in [0.4, 0.5) is 0 Å². The number of para-hydroxylation sites is 3. The van der Waals surface area contributed by atoms with Crippen LogP contribution in [0.25, 0.3) is 105 Å². The maximum absolute atomic E-state index is 6.71. The van der Waals surface area contributed by atoms with Gasteiger partial charge < -0.3 is 8.83 Å². The number of oxazole rings is 1. The topological polar surface area (TPSA) is 56.5 Å². The molecule has 4 aromatic heterocycles. The lowest BCUT2D eigenvalue weighted by Crippen LogP contribution is -1.92. The Morgan fingerprint density at radius 2 is 1.21 bits per heavy atom. The van der Waals surface area contributed by atoms with Crippen LogP contribution in [0.2, 0.25) is 0 Å². The number of hydrogen-bond acceptors (Lipinski definition) is 4. The molecule has 218 valence electrons. The molecule has 0 aliphatic carbocycles. The zero-order valence-corrected chi connectivity index (χ0v) is 24.9. The van der Waals surface area contributed by atoms with Gasteiger partial charge in [0, 0.05) is 27.3 Å². The lowest BCUT2D eigenvalue weighted by atomic mass is 9.94. The summed E-state index contributed by atoms with van der Waals surface area (Å²) in [5, 5.41) is 8.09. The molecule has 0 amide bonds. The summed E-state index contributed by atoms with van der Waals surface area (Å²) < 4.78 is 15.0. The first kappa shape index (κ1) is 24.8. The molecule has 0 saturated heterocycles. The molecular weight excluding hydrogens is 578 g/mol. The van der Waals surface area contributed by atoms with Crippen molar-refractivity contribution in [2.45, 2.75) is 0 Å². The monoisotopic (exact) mass is 601 g/mol. The first-order chi connectivity index (χ1) is 23.3. The number of nitrogens with zero attached hydrogens (tertiary/aromatic N) is 3. The Kier molecular flexibility index (Phi) is 4.78. The molecule has 5 heteroatoms. The van der Waals surface area contributed by atoms with E-state index in [0.29, 0.717) is 5.84 Å². The molecule has 0 aliphatic rings. The third-order valence-corrected chi connectivity index (χ3v) is 9.59. The van der Waals surface area contributed by atoms with Gasteiger partial charge in [-0.15, -0.1) is 0 Å². The van der Waals surface area contributed by atoms with Gasteiger partial charge in [0.2, 0.25) is 0 Å². The van der Waals surface area contributed by atoms with Crippen LogP contribution < -0.4 is 0 Å². The Balaban J connectivity index is 1.17. The highest BCUT2D eigenvalue weighted by molar-refractivity contribution is 6.28. The fourth-order valence-electron chi connectivity index (χ4n) is 7.48. The van der Waals surface area contributed by atoms with Gasteiger partial charge in [0.05, 0.1) is 16.7 Å². The van der Waals surface area contributed by atoms with Crippen LogP contribution in [-0.2, 0) is 0 Å². The molecule has 0 saturated carbocycles. The van der Waals surface area contributed by atoms with Gasteiger partial charge in [-0.3, -0.25) is 4.40 Å². The Labute approximate surface area is 266 Å². The van der Waals surface area contributed by atoms with Crippen molar-refractivity contribution in [2.24, 2.45) is 0 Å². The number of imidazole rings is 1. The highest BCUT2D eigenvalue weighted by atomic mass is 16.4.